The zero-order valence-electron chi connectivity index (χ0n) is 14.2. The fraction of sp³-hybridized carbons (Fsp3) is 0.105. The molecule has 0 aliphatic rings. The Hall–Kier alpha value is -2.77. The van der Waals surface area contributed by atoms with Crippen LogP contribution in [0.15, 0.2) is 65.4 Å². The highest BCUT2D eigenvalue weighted by atomic mass is 79.9. The highest BCUT2D eigenvalue weighted by Crippen LogP contribution is 2.26. The summed E-state index contributed by atoms with van der Waals surface area (Å²) in [6.45, 7) is 0.639. The Balaban J connectivity index is 1.87. The number of likely N-dealkylation sites (N-methyl/N-ethyl adjacent to an activating group) is 1. The number of anilines is 3. The van der Waals surface area contributed by atoms with Crippen LogP contribution in [0.25, 0.3) is 10.9 Å². The minimum atomic E-state index is -0.182. The topological polar surface area (TPSA) is 78.9 Å². The minimum Gasteiger partial charge on any atom is -0.340 e. The van der Waals surface area contributed by atoms with Crippen molar-refractivity contribution in [2.45, 2.75) is 0 Å². The van der Waals surface area contributed by atoms with E-state index in [1.165, 1.54) is 12.4 Å². The van der Waals surface area contributed by atoms with Crippen LogP contribution in [0.2, 0.25) is 0 Å². The van der Waals surface area contributed by atoms with Gasteiger partial charge in [0.25, 0.3) is 0 Å². The number of carbonyl (C=O) groups excluding carboxylic acids is 1. The lowest BCUT2D eigenvalue weighted by atomic mass is 10.2. The largest absolute Gasteiger partial charge is 0.340 e. The van der Waals surface area contributed by atoms with Crippen LogP contribution >= 0.6 is 15.9 Å². The van der Waals surface area contributed by atoms with Gasteiger partial charge in [-0.3, -0.25) is 4.79 Å². The van der Waals surface area contributed by atoms with Gasteiger partial charge in [0.05, 0.1) is 5.52 Å². The van der Waals surface area contributed by atoms with Gasteiger partial charge in [-0.05, 0) is 43.4 Å². The normalized spacial score (nSPS) is 11.0. The Morgan fingerprint density at radius 3 is 2.85 bits per heavy atom. The monoisotopic (exact) mass is 411 g/mol. The molecule has 0 aliphatic carbocycles. The van der Waals surface area contributed by atoms with E-state index in [1.54, 1.807) is 6.08 Å². The Labute approximate surface area is 159 Å². The molecule has 7 heteroatoms. The van der Waals surface area contributed by atoms with E-state index in [9.17, 15) is 4.79 Å². The van der Waals surface area contributed by atoms with Crippen molar-refractivity contribution in [2.75, 3.05) is 24.2 Å². The van der Waals surface area contributed by atoms with E-state index < -0.39 is 0 Å². The van der Waals surface area contributed by atoms with E-state index in [4.69, 9.17) is 0 Å². The molecule has 0 fully saturated rings. The summed E-state index contributed by atoms with van der Waals surface area (Å²) in [6, 6.07) is 13.4. The summed E-state index contributed by atoms with van der Waals surface area (Å²) >= 11 is 3.46. The number of nitrogens with one attached hydrogen (secondary N) is 3. The maximum absolute atomic E-state index is 12.0. The number of halogens is 1. The molecule has 132 valence electrons. The minimum absolute atomic E-state index is 0.182. The van der Waals surface area contributed by atoms with Crippen LogP contribution < -0.4 is 16.0 Å². The third kappa shape index (κ3) is 4.65. The molecule has 1 heterocycles. The second kappa shape index (κ2) is 8.55. The molecule has 3 aromatic rings. The maximum atomic E-state index is 12.0. The van der Waals surface area contributed by atoms with Gasteiger partial charge in [0.2, 0.25) is 5.91 Å². The van der Waals surface area contributed by atoms with Crippen LogP contribution in [0.1, 0.15) is 0 Å². The number of rotatable bonds is 6. The van der Waals surface area contributed by atoms with E-state index in [1.807, 2.05) is 49.5 Å². The number of nitrogens with zero attached hydrogens (tertiary/aromatic N) is 2. The molecule has 3 N–H and O–H groups in total. The van der Waals surface area contributed by atoms with Crippen molar-refractivity contribution in [1.29, 1.82) is 0 Å². The van der Waals surface area contributed by atoms with E-state index in [-0.39, 0.29) is 5.91 Å². The molecule has 2 aromatic carbocycles. The molecule has 1 amide bonds. The molecule has 0 unspecified atom stereocenters. The zero-order chi connectivity index (χ0) is 18.4. The van der Waals surface area contributed by atoms with Gasteiger partial charge in [0, 0.05) is 33.9 Å². The van der Waals surface area contributed by atoms with E-state index in [2.05, 4.69) is 41.8 Å². The molecule has 0 spiro atoms. The third-order valence-electron chi connectivity index (χ3n) is 3.58. The van der Waals surface area contributed by atoms with Gasteiger partial charge in [-0.15, -0.1) is 0 Å². The van der Waals surface area contributed by atoms with Crippen molar-refractivity contribution in [3.63, 3.8) is 0 Å². The van der Waals surface area contributed by atoms with Gasteiger partial charge in [0.1, 0.15) is 12.1 Å². The molecule has 3 rings (SSSR count). The fourth-order valence-corrected chi connectivity index (χ4v) is 2.80. The van der Waals surface area contributed by atoms with Crippen molar-refractivity contribution >= 4 is 49.9 Å². The van der Waals surface area contributed by atoms with Crippen LogP contribution in [0.4, 0.5) is 17.2 Å². The van der Waals surface area contributed by atoms with E-state index in [0.29, 0.717) is 18.1 Å². The van der Waals surface area contributed by atoms with Gasteiger partial charge in [0.15, 0.2) is 0 Å². The lowest BCUT2D eigenvalue weighted by Gasteiger charge is -2.10. The van der Waals surface area contributed by atoms with Crippen LogP contribution in [-0.4, -0.2) is 29.5 Å². The average Bonchev–Trinajstić information content (AvgIpc) is 2.62. The molecular formula is C19H18BrN5O. The Morgan fingerprint density at radius 1 is 1.15 bits per heavy atom. The third-order valence-corrected chi connectivity index (χ3v) is 4.07. The van der Waals surface area contributed by atoms with E-state index >= 15 is 0 Å². The molecule has 26 heavy (non-hydrogen) atoms. The second-order valence-corrected chi connectivity index (χ2v) is 6.45. The summed E-state index contributed by atoms with van der Waals surface area (Å²) < 4.78 is 0.974. The highest BCUT2D eigenvalue weighted by Gasteiger charge is 2.07. The van der Waals surface area contributed by atoms with Crippen molar-refractivity contribution in [3.8, 4) is 0 Å². The molecule has 0 saturated heterocycles. The lowest BCUT2D eigenvalue weighted by molar-refractivity contribution is -0.111. The molecule has 0 bridgehead atoms. The molecule has 0 aliphatic heterocycles. The maximum Gasteiger partial charge on any atom is 0.248 e. The van der Waals surface area contributed by atoms with Gasteiger partial charge in [-0.2, -0.15) is 0 Å². The number of benzene rings is 2. The molecule has 0 saturated carbocycles. The second-order valence-electron chi connectivity index (χ2n) is 5.54. The summed E-state index contributed by atoms with van der Waals surface area (Å²) in [6.07, 6.45) is 4.78. The van der Waals surface area contributed by atoms with Gasteiger partial charge in [-0.25, -0.2) is 9.97 Å². The molecule has 0 atom stereocenters. The summed E-state index contributed by atoms with van der Waals surface area (Å²) in [4.78, 5) is 20.6. The summed E-state index contributed by atoms with van der Waals surface area (Å²) in [7, 11) is 1.82. The summed E-state index contributed by atoms with van der Waals surface area (Å²) in [5.41, 5.74) is 2.38. The number of hydrogen-bond donors (Lipinski definition) is 3. The molecule has 6 nitrogen and oxygen atoms in total. The first-order chi connectivity index (χ1) is 12.7. The number of amides is 1. The quantitative estimate of drug-likeness (QED) is 0.536. The van der Waals surface area contributed by atoms with Crippen LogP contribution in [-0.2, 0) is 4.79 Å². The van der Waals surface area contributed by atoms with Crippen LogP contribution in [0.5, 0.6) is 0 Å². The van der Waals surface area contributed by atoms with Crippen molar-refractivity contribution < 1.29 is 4.79 Å². The smallest absolute Gasteiger partial charge is 0.248 e. The van der Waals surface area contributed by atoms with Gasteiger partial charge >= 0.3 is 0 Å². The van der Waals surface area contributed by atoms with Crippen LogP contribution in [0.3, 0.4) is 0 Å². The standard InChI is InChI=1S/C19H18BrN5O/c1-21-9-3-6-18(26)24-15-7-8-17-16(11-15)19(23-12-22-17)25-14-5-2-4-13(20)10-14/h2-8,10-12,21H,9H2,1H3,(H,24,26)(H,22,23,25)/b6-3+. The Kier molecular flexibility index (Phi) is 5.93. The SMILES string of the molecule is CNC/C=C/C(=O)Nc1ccc2ncnc(Nc3cccc(Br)c3)c2c1. The predicted octanol–water partition coefficient (Wildman–Crippen LogP) is 3.85. The Bertz CT molecular complexity index is 958. The molecule has 0 radical (unpaired) electrons. The first-order valence-electron chi connectivity index (χ1n) is 8.05. The van der Waals surface area contributed by atoms with Gasteiger partial charge in [-0.1, -0.05) is 28.1 Å². The lowest BCUT2D eigenvalue weighted by Crippen LogP contribution is -2.10. The highest BCUT2D eigenvalue weighted by molar-refractivity contribution is 9.10. The fourth-order valence-electron chi connectivity index (χ4n) is 2.40. The predicted molar refractivity (Wildman–Crippen MR) is 109 cm³/mol. The molecular weight excluding hydrogens is 394 g/mol. The van der Waals surface area contributed by atoms with Crippen molar-refractivity contribution in [2.24, 2.45) is 0 Å². The first-order valence-corrected chi connectivity index (χ1v) is 8.84. The first kappa shape index (κ1) is 18.0. The van der Waals surface area contributed by atoms with Crippen LogP contribution in [0, 0.1) is 0 Å². The van der Waals surface area contributed by atoms with Crippen molar-refractivity contribution in [1.82, 2.24) is 15.3 Å². The Morgan fingerprint density at radius 2 is 2.04 bits per heavy atom. The zero-order valence-corrected chi connectivity index (χ0v) is 15.7. The number of carbonyl (C=O) groups is 1. The average molecular weight is 412 g/mol. The van der Waals surface area contributed by atoms with Gasteiger partial charge < -0.3 is 16.0 Å². The van der Waals surface area contributed by atoms with Crippen molar-refractivity contribution in [3.05, 3.63) is 65.4 Å². The summed E-state index contributed by atoms with van der Waals surface area (Å²) in [5.74, 6) is 0.493. The summed E-state index contributed by atoms with van der Waals surface area (Å²) in [5, 5.41) is 9.92. The number of aromatic nitrogens is 2. The van der Waals surface area contributed by atoms with E-state index in [0.717, 1.165) is 21.1 Å². The number of fused-ring (bicyclic) bond motifs is 1. The number of hydrogen-bond acceptors (Lipinski definition) is 5. The molecule has 1 aromatic heterocycles.